The van der Waals surface area contributed by atoms with E-state index in [2.05, 4.69) is 0 Å². The highest BCUT2D eigenvalue weighted by molar-refractivity contribution is 7.99. The zero-order valence-electron chi connectivity index (χ0n) is 8.46. The van der Waals surface area contributed by atoms with Gasteiger partial charge < -0.3 is 5.11 Å². The van der Waals surface area contributed by atoms with Crippen LogP contribution >= 0.6 is 11.8 Å². The van der Waals surface area contributed by atoms with Crippen LogP contribution in [0.1, 0.15) is 20.3 Å². The summed E-state index contributed by atoms with van der Waals surface area (Å²) in [6.07, 6.45) is 0.703. The SMILES string of the molecule is CC(C)(O)CCSc1cccc(F)c1. The second kappa shape index (κ2) is 4.80. The lowest BCUT2D eigenvalue weighted by Crippen LogP contribution is -2.18. The van der Waals surface area contributed by atoms with Gasteiger partial charge in [-0.1, -0.05) is 6.07 Å². The molecule has 0 saturated carbocycles. The van der Waals surface area contributed by atoms with Gasteiger partial charge in [0.1, 0.15) is 5.82 Å². The van der Waals surface area contributed by atoms with Crippen LogP contribution in [0, 0.1) is 5.82 Å². The Bertz CT molecular complexity index is 294. The molecule has 0 aromatic heterocycles. The molecule has 14 heavy (non-hydrogen) atoms. The van der Waals surface area contributed by atoms with E-state index < -0.39 is 5.60 Å². The zero-order chi connectivity index (χ0) is 10.6. The predicted molar refractivity (Wildman–Crippen MR) is 58.0 cm³/mol. The minimum absolute atomic E-state index is 0.210. The van der Waals surface area contributed by atoms with Crippen molar-refractivity contribution >= 4 is 11.8 Å². The van der Waals surface area contributed by atoms with E-state index in [9.17, 15) is 9.50 Å². The maximum atomic E-state index is 12.8. The monoisotopic (exact) mass is 214 g/mol. The van der Waals surface area contributed by atoms with E-state index in [1.807, 2.05) is 6.07 Å². The van der Waals surface area contributed by atoms with Crippen LogP contribution in [0.5, 0.6) is 0 Å². The summed E-state index contributed by atoms with van der Waals surface area (Å²) in [6, 6.07) is 6.51. The number of thioether (sulfide) groups is 1. The van der Waals surface area contributed by atoms with Gasteiger partial charge in [-0.3, -0.25) is 0 Å². The molecule has 0 bridgehead atoms. The Morgan fingerprint density at radius 2 is 2.14 bits per heavy atom. The molecule has 0 atom stereocenters. The Kier molecular flexibility index (Phi) is 3.96. The summed E-state index contributed by atoms with van der Waals surface area (Å²) in [6.45, 7) is 3.55. The maximum Gasteiger partial charge on any atom is 0.124 e. The van der Waals surface area contributed by atoms with Gasteiger partial charge in [-0.15, -0.1) is 11.8 Å². The van der Waals surface area contributed by atoms with Crippen molar-refractivity contribution in [3.63, 3.8) is 0 Å². The van der Waals surface area contributed by atoms with Crippen LogP contribution in [0.25, 0.3) is 0 Å². The van der Waals surface area contributed by atoms with E-state index >= 15 is 0 Å². The minimum atomic E-state index is -0.639. The van der Waals surface area contributed by atoms with Gasteiger partial charge in [0, 0.05) is 10.6 Å². The number of hydrogen-bond donors (Lipinski definition) is 1. The van der Waals surface area contributed by atoms with Crippen LogP contribution in [-0.2, 0) is 0 Å². The molecule has 1 aromatic carbocycles. The third-order valence-corrected chi connectivity index (χ3v) is 2.77. The lowest BCUT2D eigenvalue weighted by atomic mass is 10.1. The number of hydrogen-bond acceptors (Lipinski definition) is 2. The first kappa shape index (κ1) is 11.5. The Morgan fingerprint density at radius 1 is 1.43 bits per heavy atom. The third kappa shape index (κ3) is 4.63. The van der Waals surface area contributed by atoms with Crippen LogP contribution in [0.4, 0.5) is 4.39 Å². The molecule has 0 amide bonds. The van der Waals surface area contributed by atoms with Gasteiger partial charge in [0.2, 0.25) is 0 Å². The fourth-order valence-electron chi connectivity index (χ4n) is 0.975. The molecule has 3 heteroatoms. The largest absolute Gasteiger partial charge is 0.390 e. The van der Waals surface area contributed by atoms with Crippen molar-refractivity contribution in [1.29, 1.82) is 0 Å². The molecule has 0 aliphatic rings. The quantitative estimate of drug-likeness (QED) is 0.777. The summed E-state index contributed by atoms with van der Waals surface area (Å²) in [5.41, 5.74) is -0.639. The van der Waals surface area contributed by atoms with E-state index in [0.717, 1.165) is 10.6 Å². The van der Waals surface area contributed by atoms with Crippen LogP contribution in [0.3, 0.4) is 0 Å². The lowest BCUT2D eigenvalue weighted by Gasteiger charge is -2.15. The van der Waals surface area contributed by atoms with Crippen molar-refractivity contribution in [3.05, 3.63) is 30.1 Å². The Hall–Kier alpha value is -0.540. The summed E-state index contributed by atoms with van der Waals surface area (Å²) in [4.78, 5) is 0.911. The van der Waals surface area contributed by atoms with Crippen molar-refractivity contribution in [3.8, 4) is 0 Å². The topological polar surface area (TPSA) is 20.2 Å². The number of rotatable bonds is 4. The lowest BCUT2D eigenvalue weighted by molar-refractivity contribution is 0.0778. The molecule has 1 rings (SSSR count). The second-order valence-electron chi connectivity index (χ2n) is 3.87. The number of halogens is 1. The molecule has 0 saturated heterocycles. The number of benzene rings is 1. The molecule has 0 aliphatic heterocycles. The summed E-state index contributed by atoms with van der Waals surface area (Å²) in [5, 5.41) is 9.46. The summed E-state index contributed by atoms with van der Waals surface area (Å²) in [7, 11) is 0. The minimum Gasteiger partial charge on any atom is -0.390 e. The van der Waals surface area contributed by atoms with E-state index in [0.29, 0.717) is 6.42 Å². The molecule has 1 N–H and O–H groups in total. The van der Waals surface area contributed by atoms with E-state index in [4.69, 9.17) is 0 Å². The molecule has 0 fully saturated rings. The molecule has 78 valence electrons. The highest BCUT2D eigenvalue weighted by Crippen LogP contribution is 2.22. The van der Waals surface area contributed by atoms with Gasteiger partial charge in [-0.05, 0) is 38.5 Å². The standard InChI is InChI=1S/C11H15FOS/c1-11(2,13)6-7-14-10-5-3-4-9(12)8-10/h3-5,8,13H,6-7H2,1-2H3. The van der Waals surface area contributed by atoms with Crippen LogP contribution in [0.2, 0.25) is 0 Å². The van der Waals surface area contributed by atoms with E-state index in [-0.39, 0.29) is 5.82 Å². The average Bonchev–Trinajstić information content (AvgIpc) is 2.01. The van der Waals surface area contributed by atoms with Crippen LogP contribution in [-0.4, -0.2) is 16.5 Å². The highest BCUT2D eigenvalue weighted by atomic mass is 32.2. The van der Waals surface area contributed by atoms with Gasteiger partial charge >= 0.3 is 0 Å². The molecule has 0 spiro atoms. The van der Waals surface area contributed by atoms with Crippen molar-refractivity contribution in [2.24, 2.45) is 0 Å². The molecule has 0 aliphatic carbocycles. The fourth-order valence-corrected chi connectivity index (χ4v) is 2.18. The number of aliphatic hydroxyl groups is 1. The van der Waals surface area contributed by atoms with E-state index in [1.54, 1.807) is 31.7 Å². The second-order valence-corrected chi connectivity index (χ2v) is 5.04. The molecular weight excluding hydrogens is 199 g/mol. The van der Waals surface area contributed by atoms with Gasteiger partial charge in [0.15, 0.2) is 0 Å². The summed E-state index contributed by atoms with van der Waals surface area (Å²) < 4.78 is 12.8. The van der Waals surface area contributed by atoms with Crippen molar-refractivity contribution in [2.75, 3.05) is 5.75 Å². The van der Waals surface area contributed by atoms with Crippen LogP contribution in [0.15, 0.2) is 29.2 Å². The fraction of sp³-hybridized carbons (Fsp3) is 0.455. The Morgan fingerprint density at radius 3 is 2.71 bits per heavy atom. The molecule has 1 aromatic rings. The third-order valence-electron chi connectivity index (χ3n) is 1.78. The highest BCUT2D eigenvalue weighted by Gasteiger charge is 2.11. The van der Waals surface area contributed by atoms with Gasteiger partial charge in [-0.2, -0.15) is 0 Å². The molecule has 1 nitrogen and oxygen atoms in total. The maximum absolute atomic E-state index is 12.8. The Labute approximate surface area is 88.3 Å². The summed E-state index contributed by atoms with van der Waals surface area (Å²) in [5.74, 6) is 0.589. The van der Waals surface area contributed by atoms with Gasteiger partial charge in [0.05, 0.1) is 5.60 Å². The smallest absolute Gasteiger partial charge is 0.124 e. The molecule has 0 heterocycles. The molecule has 0 radical (unpaired) electrons. The first-order valence-electron chi connectivity index (χ1n) is 4.58. The van der Waals surface area contributed by atoms with Gasteiger partial charge in [-0.25, -0.2) is 4.39 Å². The normalized spacial score (nSPS) is 11.7. The van der Waals surface area contributed by atoms with Crippen molar-refractivity contribution < 1.29 is 9.50 Å². The van der Waals surface area contributed by atoms with Crippen molar-refractivity contribution in [2.45, 2.75) is 30.8 Å². The van der Waals surface area contributed by atoms with Gasteiger partial charge in [0.25, 0.3) is 0 Å². The summed E-state index contributed by atoms with van der Waals surface area (Å²) >= 11 is 1.56. The molecular formula is C11H15FOS. The molecule has 0 unspecified atom stereocenters. The van der Waals surface area contributed by atoms with Crippen molar-refractivity contribution in [1.82, 2.24) is 0 Å². The Balaban J connectivity index is 2.39. The predicted octanol–water partition coefficient (Wildman–Crippen LogP) is 3.08. The first-order chi connectivity index (χ1) is 6.47. The van der Waals surface area contributed by atoms with Crippen LogP contribution < -0.4 is 0 Å². The van der Waals surface area contributed by atoms with E-state index in [1.165, 1.54) is 12.1 Å². The average molecular weight is 214 g/mol. The zero-order valence-corrected chi connectivity index (χ0v) is 9.27. The first-order valence-corrected chi connectivity index (χ1v) is 5.57.